The van der Waals surface area contributed by atoms with Crippen molar-refractivity contribution in [2.75, 3.05) is 11.1 Å². The van der Waals surface area contributed by atoms with Crippen LogP contribution in [0, 0.1) is 20.8 Å². The zero-order chi connectivity index (χ0) is 22.5. The summed E-state index contributed by atoms with van der Waals surface area (Å²) in [6.07, 6.45) is 0.664. The molecule has 32 heavy (non-hydrogen) atoms. The van der Waals surface area contributed by atoms with Crippen LogP contribution in [0.2, 0.25) is 0 Å². The van der Waals surface area contributed by atoms with Crippen molar-refractivity contribution in [2.45, 2.75) is 32.3 Å². The van der Waals surface area contributed by atoms with E-state index in [4.69, 9.17) is 0 Å². The van der Waals surface area contributed by atoms with Gasteiger partial charge in [-0.25, -0.2) is 0 Å². The minimum atomic E-state index is -0.0629. The van der Waals surface area contributed by atoms with Gasteiger partial charge in [-0.1, -0.05) is 66.4 Å². The number of amides is 1. The highest BCUT2D eigenvalue weighted by atomic mass is 32.2. The molecule has 0 saturated heterocycles. The first-order valence-electron chi connectivity index (χ1n) is 10.5. The van der Waals surface area contributed by atoms with Gasteiger partial charge in [-0.15, -0.1) is 10.2 Å². The molecule has 162 valence electrons. The number of hydrogen-bond donors (Lipinski definition) is 1. The number of aromatic nitrogens is 3. The smallest absolute Gasteiger partial charge is 0.234 e. The average Bonchev–Trinajstić information content (AvgIpc) is 3.18. The summed E-state index contributed by atoms with van der Waals surface area (Å²) in [6, 6.07) is 24.5. The summed E-state index contributed by atoms with van der Waals surface area (Å²) in [5.41, 5.74) is 6.33. The molecule has 1 aromatic heterocycles. The van der Waals surface area contributed by atoms with E-state index in [1.165, 1.54) is 11.8 Å². The van der Waals surface area contributed by atoms with E-state index in [-0.39, 0.29) is 11.7 Å². The van der Waals surface area contributed by atoms with Crippen LogP contribution in [-0.2, 0) is 11.2 Å². The molecule has 1 amide bonds. The van der Waals surface area contributed by atoms with E-state index < -0.39 is 0 Å². The summed E-state index contributed by atoms with van der Waals surface area (Å²) in [4.78, 5) is 12.7. The molecule has 0 spiro atoms. The average molecular weight is 443 g/mol. The van der Waals surface area contributed by atoms with E-state index in [9.17, 15) is 4.79 Å². The third-order valence-corrected chi connectivity index (χ3v) is 6.09. The maximum Gasteiger partial charge on any atom is 0.234 e. The minimum absolute atomic E-state index is 0.0629. The van der Waals surface area contributed by atoms with Crippen LogP contribution >= 0.6 is 11.8 Å². The third kappa shape index (κ3) is 5.26. The maximum atomic E-state index is 12.7. The van der Waals surface area contributed by atoms with Crippen molar-refractivity contribution in [3.63, 3.8) is 0 Å². The van der Waals surface area contributed by atoms with Gasteiger partial charge in [0, 0.05) is 17.8 Å². The lowest BCUT2D eigenvalue weighted by Crippen LogP contribution is -2.15. The van der Waals surface area contributed by atoms with Gasteiger partial charge in [0.25, 0.3) is 0 Å². The van der Waals surface area contributed by atoms with Gasteiger partial charge >= 0.3 is 0 Å². The molecule has 0 aliphatic rings. The predicted octanol–water partition coefficient (Wildman–Crippen LogP) is 5.51. The molecule has 1 N–H and O–H groups in total. The molecule has 0 atom stereocenters. The Morgan fingerprint density at radius 3 is 2.47 bits per heavy atom. The Kier molecular flexibility index (Phi) is 6.71. The molecule has 0 aliphatic carbocycles. The molecule has 0 aliphatic heterocycles. The van der Waals surface area contributed by atoms with Crippen LogP contribution in [0.25, 0.3) is 5.69 Å². The number of nitrogens with zero attached hydrogens (tertiary/aromatic N) is 3. The summed E-state index contributed by atoms with van der Waals surface area (Å²) in [6.45, 7) is 6.07. The Morgan fingerprint density at radius 1 is 0.906 bits per heavy atom. The van der Waals surface area contributed by atoms with Crippen LogP contribution in [0.3, 0.4) is 0 Å². The number of nitrogens with one attached hydrogen (secondary N) is 1. The van der Waals surface area contributed by atoms with Gasteiger partial charge in [-0.3, -0.25) is 9.36 Å². The molecular weight excluding hydrogens is 416 g/mol. The summed E-state index contributed by atoms with van der Waals surface area (Å²) < 4.78 is 2.05. The second-order valence-electron chi connectivity index (χ2n) is 7.89. The molecule has 1 heterocycles. The fourth-order valence-electron chi connectivity index (χ4n) is 3.50. The Morgan fingerprint density at radius 2 is 1.69 bits per heavy atom. The number of aryl methyl sites for hydroxylation is 3. The highest BCUT2D eigenvalue weighted by Crippen LogP contribution is 2.25. The normalized spacial score (nSPS) is 10.8. The van der Waals surface area contributed by atoms with Crippen LogP contribution in [0.1, 0.15) is 28.1 Å². The zero-order valence-electron chi connectivity index (χ0n) is 18.5. The molecule has 0 bridgehead atoms. The van der Waals surface area contributed by atoms with Gasteiger partial charge in [0.1, 0.15) is 5.82 Å². The molecule has 5 nitrogen and oxygen atoms in total. The lowest BCUT2D eigenvalue weighted by molar-refractivity contribution is -0.113. The van der Waals surface area contributed by atoms with Crippen molar-refractivity contribution in [3.05, 3.63) is 101 Å². The molecule has 0 fully saturated rings. The van der Waals surface area contributed by atoms with Crippen LogP contribution in [0.15, 0.2) is 78.0 Å². The van der Waals surface area contributed by atoms with Gasteiger partial charge in [0.15, 0.2) is 5.16 Å². The monoisotopic (exact) mass is 442 g/mol. The lowest BCUT2D eigenvalue weighted by atomic mass is 10.1. The first-order valence-corrected chi connectivity index (χ1v) is 11.5. The highest BCUT2D eigenvalue weighted by molar-refractivity contribution is 7.99. The molecule has 4 aromatic rings. The zero-order valence-corrected chi connectivity index (χ0v) is 19.3. The molecule has 3 aromatic carbocycles. The quantitative estimate of drug-likeness (QED) is 0.383. The summed E-state index contributed by atoms with van der Waals surface area (Å²) in [7, 11) is 0. The first kappa shape index (κ1) is 21.8. The molecule has 0 unspecified atom stereocenters. The number of carbonyl (C=O) groups excluding carboxylic acids is 1. The van der Waals surface area contributed by atoms with Crippen molar-refractivity contribution >= 4 is 23.4 Å². The third-order valence-electron chi connectivity index (χ3n) is 5.16. The first-order chi connectivity index (χ1) is 15.5. The summed E-state index contributed by atoms with van der Waals surface area (Å²) in [5, 5.41) is 12.6. The lowest BCUT2D eigenvalue weighted by Gasteiger charge is -2.12. The number of rotatable bonds is 7. The van der Waals surface area contributed by atoms with Crippen molar-refractivity contribution < 1.29 is 4.79 Å². The van der Waals surface area contributed by atoms with E-state index in [0.717, 1.165) is 39.5 Å². The van der Waals surface area contributed by atoms with Crippen LogP contribution in [0.5, 0.6) is 0 Å². The largest absolute Gasteiger partial charge is 0.325 e. The second kappa shape index (κ2) is 9.83. The van der Waals surface area contributed by atoms with E-state index in [2.05, 4.69) is 51.3 Å². The fourth-order valence-corrected chi connectivity index (χ4v) is 4.27. The van der Waals surface area contributed by atoms with Crippen molar-refractivity contribution in [3.8, 4) is 5.69 Å². The molecular formula is C26H26N4OS. The second-order valence-corrected chi connectivity index (χ2v) is 8.83. The Balaban J connectivity index is 1.56. The number of thioether (sulfide) groups is 1. The van der Waals surface area contributed by atoms with E-state index in [1.807, 2.05) is 62.4 Å². The molecule has 0 radical (unpaired) electrons. The topological polar surface area (TPSA) is 59.8 Å². The predicted molar refractivity (Wildman–Crippen MR) is 131 cm³/mol. The van der Waals surface area contributed by atoms with Crippen molar-refractivity contribution in [1.82, 2.24) is 14.8 Å². The van der Waals surface area contributed by atoms with E-state index >= 15 is 0 Å². The Bertz CT molecular complexity index is 1230. The Hall–Kier alpha value is -3.38. The van der Waals surface area contributed by atoms with E-state index in [0.29, 0.717) is 11.6 Å². The maximum absolute atomic E-state index is 12.7. The van der Waals surface area contributed by atoms with Gasteiger partial charge in [-0.05, 0) is 61.2 Å². The standard InChI is InChI=1S/C26H26N4OS/c1-18-8-7-11-22(14-18)30-24(16-21-9-5-4-6-10-21)28-29-26(30)32-17-25(31)27-23-15-19(2)12-13-20(23)3/h4-15H,16-17H2,1-3H3,(H,27,31). The van der Waals surface area contributed by atoms with Gasteiger partial charge < -0.3 is 5.32 Å². The number of benzene rings is 3. The van der Waals surface area contributed by atoms with Crippen LogP contribution in [0.4, 0.5) is 5.69 Å². The van der Waals surface area contributed by atoms with E-state index in [1.54, 1.807) is 0 Å². The van der Waals surface area contributed by atoms with Gasteiger partial charge in [0.05, 0.1) is 5.75 Å². The van der Waals surface area contributed by atoms with Gasteiger partial charge in [0.2, 0.25) is 5.91 Å². The number of hydrogen-bond acceptors (Lipinski definition) is 4. The molecule has 0 saturated carbocycles. The minimum Gasteiger partial charge on any atom is -0.325 e. The molecule has 6 heteroatoms. The number of anilines is 1. The SMILES string of the molecule is Cc1cccc(-n2c(Cc3ccccc3)nnc2SCC(=O)Nc2cc(C)ccc2C)c1. The molecule has 4 rings (SSSR count). The Labute approximate surface area is 192 Å². The van der Waals surface area contributed by atoms with Crippen LogP contribution < -0.4 is 5.32 Å². The van der Waals surface area contributed by atoms with Crippen LogP contribution in [-0.4, -0.2) is 26.4 Å². The highest BCUT2D eigenvalue weighted by Gasteiger charge is 2.17. The van der Waals surface area contributed by atoms with Gasteiger partial charge in [-0.2, -0.15) is 0 Å². The summed E-state index contributed by atoms with van der Waals surface area (Å²) >= 11 is 1.39. The van der Waals surface area contributed by atoms with Crippen molar-refractivity contribution in [2.24, 2.45) is 0 Å². The van der Waals surface area contributed by atoms with Crippen molar-refractivity contribution in [1.29, 1.82) is 0 Å². The number of carbonyl (C=O) groups is 1. The fraction of sp³-hybridized carbons (Fsp3) is 0.192. The summed E-state index contributed by atoms with van der Waals surface area (Å²) in [5.74, 6) is 1.04.